The first-order valence-electron chi connectivity index (χ1n) is 8.21. The van der Waals surface area contributed by atoms with Gasteiger partial charge < -0.3 is 14.8 Å². The molecule has 0 heterocycles. The van der Waals surface area contributed by atoms with Gasteiger partial charge in [-0.15, -0.1) is 0 Å². The summed E-state index contributed by atoms with van der Waals surface area (Å²) in [6.45, 7) is 4.55. The Balaban J connectivity index is 2.46. The molecule has 0 aliphatic rings. The maximum absolute atomic E-state index is 13.5. The number of benzene rings is 2. The summed E-state index contributed by atoms with van der Waals surface area (Å²) >= 11 is 6.07. The molecular formula is C19H19ClF3NO4. The Morgan fingerprint density at radius 2 is 1.68 bits per heavy atom. The normalized spacial score (nSPS) is 12.0. The van der Waals surface area contributed by atoms with Crippen molar-refractivity contribution in [2.75, 3.05) is 13.7 Å². The number of ether oxygens (including phenoxy) is 2. The molecule has 1 N–H and O–H groups in total. The van der Waals surface area contributed by atoms with Crippen molar-refractivity contribution in [2.45, 2.75) is 32.5 Å². The highest BCUT2D eigenvalue weighted by Crippen LogP contribution is 2.42. The number of carbonyl (C=O) groups excluding carboxylic acids is 2. The molecule has 9 heteroatoms. The SMILES string of the molecule is COc1ccc2c(C(=O)NCC(=O)OC(C)(C)C)c(Cl)ccc2c1C(F)(F)F. The first-order valence-corrected chi connectivity index (χ1v) is 8.59. The Bertz CT molecular complexity index is 920. The van der Waals surface area contributed by atoms with Crippen molar-refractivity contribution in [2.24, 2.45) is 0 Å². The van der Waals surface area contributed by atoms with Gasteiger partial charge in [-0.1, -0.05) is 17.7 Å². The van der Waals surface area contributed by atoms with Gasteiger partial charge in [-0.05, 0) is 49.7 Å². The second-order valence-electron chi connectivity index (χ2n) is 6.93. The van der Waals surface area contributed by atoms with Crippen molar-refractivity contribution >= 4 is 34.2 Å². The van der Waals surface area contributed by atoms with E-state index >= 15 is 0 Å². The molecule has 0 spiro atoms. The Morgan fingerprint density at radius 1 is 1.07 bits per heavy atom. The topological polar surface area (TPSA) is 64.6 Å². The van der Waals surface area contributed by atoms with Crippen LogP contribution in [0.1, 0.15) is 36.7 Å². The molecule has 0 bridgehead atoms. The summed E-state index contributed by atoms with van der Waals surface area (Å²) in [5.74, 6) is -1.85. The number of esters is 1. The summed E-state index contributed by atoms with van der Waals surface area (Å²) in [5.41, 5.74) is -1.92. The van der Waals surface area contributed by atoms with Crippen LogP contribution in [0.4, 0.5) is 13.2 Å². The van der Waals surface area contributed by atoms with E-state index in [-0.39, 0.29) is 27.1 Å². The van der Waals surface area contributed by atoms with E-state index in [9.17, 15) is 22.8 Å². The third-order valence-electron chi connectivity index (χ3n) is 3.66. The number of hydrogen-bond donors (Lipinski definition) is 1. The van der Waals surface area contributed by atoms with Gasteiger partial charge >= 0.3 is 12.1 Å². The molecule has 0 saturated carbocycles. The monoisotopic (exact) mass is 417 g/mol. The van der Waals surface area contributed by atoms with Gasteiger partial charge in [0.15, 0.2) is 0 Å². The molecule has 0 fully saturated rings. The zero-order valence-electron chi connectivity index (χ0n) is 15.7. The van der Waals surface area contributed by atoms with Crippen LogP contribution >= 0.6 is 11.6 Å². The molecule has 2 rings (SSSR count). The van der Waals surface area contributed by atoms with Crippen LogP contribution in [-0.4, -0.2) is 31.1 Å². The lowest BCUT2D eigenvalue weighted by atomic mass is 9.98. The number of carbonyl (C=O) groups is 2. The van der Waals surface area contributed by atoms with Crippen LogP contribution in [0.25, 0.3) is 10.8 Å². The fourth-order valence-corrected chi connectivity index (χ4v) is 2.92. The summed E-state index contributed by atoms with van der Waals surface area (Å²) in [6.07, 6.45) is -4.71. The number of alkyl halides is 3. The average Bonchev–Trinajstić information content (AvgIpc) is 2.56. The van der Waals surface area contributed by atoms with Gasteiger partial charge in [0.25, 0.3) is 5.91 Å². The van der Waals surface area contributed by atoms with Crippen molar-refractivity contribution < 1.29 is 32.2 Å². The molecule has 2 aromatic rings. The highest BCUT2D eigenvalue weighted by Gasteiger charge is 2.37. The third-order valence-corrected chi connectivity index (χ3v) is 3.97. The van der Waals surface area contributed by atoms with Crippen LogP contribution in [0.15, 0.2) is 24.3 Å². The minimum absolute atomic E-state index is 0.0117. The van der Waals surface area contributed by atoms with Crippen LogP contribution in [0, 0.1) is 0 Å². The molecule has 0 aliphatic heterocycles. The third kappa shape index (κ3) is 4.86. The highest BCUT2D eigenvalue weighted by molar-refractivity contribution is 6.35. The van der Waals surface area contributed by atoms with Crippen LogP contribution in [0.2, 0.25) is 5.02 Å². The minimum Gasteiger partial charge on any atom is -0.496 e. The number of rotatable bonds is 4. The Morgan fingerprint density at radius 3 is 2.21 bits per heavy atom. The maximum Gasteiger partial charge on any atom is 0.420 e. The smallest absolute Gasteiger partial charge is 0.420 e. The van der Waals surface area contributed by atoms with E-state index in [4.69, 9.17) is 21.1 Å². The molecule has 0 unspecified atom stereocenters. The summed E-state index contributed by atoms with van der Waals surface area (Å²) in [6, 6.07) is 4.80. The quantitative estimate of drug-likeness (QED) is 0.739. The van der Waals surface area contributed by atoms with Gasteiger partial charge in [0, 0.05) is 0 Å². The molecule has 0 aliphatic carbocycles. The second kappa shape index (κ2) is 7.87. The zero-order chi connectivity index (χ0) is 21.3. The highest BCUT2D eigenvalue weighted by atomic mass is 35.5. The average molecular weight is 418 g/mol. The molecule has 28 heavy (non-hydrogen) atoms. The Hall–Kier alpha value is -2.48. The number of nitrogens with one attached hydrogen (secondary N) is 1. The predicted molar refractivity (Wildman–Crippen MR) is 98.7 cm³/mol. The van der Waals surface area contributed by atoms with Crippen molar-refractivity contribution in [3.8, 4) is 5.75 Å². The van der Waals surface area contributed by atoms with E-state index in [1.54, 1.807) is 20.8 Å². The summed E-state index contributed by atoms with van der Waals surface area (Å²) in [5, 5.41) is 2.03. The number of fused-ring (bicyclic) bond motifs is 1. The van der Waals surface area contributed by atoms with Gasteiger partial charge in [-0.3, -0.25) is 9.59 Å². The first-order chi connectivity index (χ1) is 12.8. The zero-order valence-corrected chi connectivity index (χ0v) is 16.4. The molecule has 0 radical (unpaired) electrons. The van der Waals surface area contributed by atoms with E-state index in [0.29, 0.717) is 0 Å². The molecule has 5 nitrogen and oxygen atoms in total. The van der Waals surface area contributed by atoms with Crippen LogP contribution < -0.4 is 10.1 Å². The van der Waals surface area contributed by atoms with Crippen LogP contribution in [-0.2, 0) is 15.7 Å². The van der Waals surface area contributed by atoms with Gasteiger partial charge in [0.1, 0.15) is 23.5 Å². The maximum atomic E-state index is 13.5. The molecule has 0 saturated heterocycles. The van der Waals surface area contributed by atoms with E-state index in [1.165, 1.54) is 18.2 Å². The Labute approximate surface area is 164 Å². The van der Waals surface area contributed by atoms with E-state index in [2.05, 4.69) is 5.32 Å². The van der Waals surface area contributed by atoms with Crippen LogP contribution in [0.5, 0.6) is 5.75 Å². The number of methoxy groups -OCH3 is 1. The molecule has 2 aromatic carbocycles. The van der Waals surface area contributed by atoms with Gasteiger partial charge in [-0.2, -0.15) is 13.2 Å². The minimum atomic E-state index is -4.71. The fraction of sp³-hybridized carbons (Fsp3) is 0.368. The van der Waals surface area contributed by atoms with Gasteiger partial charge in [-0.25, -0.2) is 0 Å². The second-order valence-corrected chi connectivity index (χ2v) is 7.33. The van der Waals surface area contributed by atoms with Crippen molar-refractivity contribution in [1.82, 2.24) is 5.32 Å². The lowest BCUT2D eigenvalue weighted by Crippen LogP contribution is -2.34. The number of hydrogen-bond acceptors (Lipinski definition) is 4. The summed E-state index contributed by atoms with van der Waals surface area (Å²) in [4.78, 5) is 24.3. The molecular weight excluding hydrogens is 399 g/mol. The van der Waals surface area contributed by atoms with Crippen LogP contribution in [0.3, 0.4) is 0 Å². The van der Waals surface area contributed by atoms with E-state index < -0.39 is 35.8 Å². The molecule has 0 atom stereocenters. The lowest BCUT2D eigenvalue weighted by Gasteiger charge is -2.20. The summed E-state index contributed by atoms with van der Waals surface area (Å²) in [7, 11) is 1.13. The fourth-order valence-electron chi connectivity index (χ4n) is 2.67. The Kier molecular flexibility index (Phi) is 6.13. The standard InChI is InChI=1S/C19H19ClF3NO4/c1-18(2,3)28-14(25)9-24-17(26)15-10-6-8-13(27-4)16(19(21,22)23)11(10)5-7-12(15)20/h5-8H,9H2,1-4H3,(H,24,26). The first kappa shape index (κ1) is 21.8. The summed E-state index contributed by atoms with van der Waals surface area (Å²) < 4.78 is 50.5. The molecule has 1 amide bonds. The van der Waals surface area contributed by atoms with Crippen molar-refractivity contribution in [3.63, 3.8) is 0 Å². The van der Waals surface area contributed by atoms with Gasteiger partial charge in [0.05, 0.1) is 17.7 Å². The largest absolute Gasteiger partial charge is 0.496 e. The lowest BCUT2D eigenvalue weighted by molar-refractivity contribution is -0.153. The predicted octanol–water partition coefficient (Wildman–Crippen LogP) is 4.59. The van der Waals surface area contributed by atoms with E-state index in [0.717, 1.165) is 13.2 Å². The number of amides is 1. The van der Waals surface area contributed by atoms with Gasteiger partial charge in [0.2, 0.25) is 0 Å². The molecule has 0 aromatic heterocycles. The number of halogens is 4. The van der Waals surface area contributed by atoms with E-state index in [1.807, 2.05) is 0 Å². The van der Waals surface area contributed by atoms with Crippen molar-refractivity contribution in [3.05, 3.63) is 40.4 Å². The van der Waals surface area contributed by atoms with Crippen molar-refractivity contribution in [1.29, 1.82) is 0 Å². The molecule has 152 valence electrons.